The minimum absolute atomic E-state index is 0.00530. The Kier molecular flexibility index (Phi) is 6.03. The van der Waals surface area contributed by atoms with Crippen LogP contribution in [0.15, 0.2) is 30.3 Å². The average Bonchev–Trinajstić information content (AvgIpc) is 2.76. The first-order valence-electron chi connectivity index (χ1n) is 9.89. The van der Waals surface area contributed by atoms with E-state index in [0.29, 0.717) is 11.1 Å². The maximum atomic E-state index is 10.5. The summed E-state index contributed by atoms with van der Waals surface area (Å²) in [5.74, 6) is -0.811. The van der Waals surface area contributed by atoms with Crippen LogP contribution in [-0.2, 0) is 11.2 Å². The monoisotopic (exact) mass is 452 g/mol. The fourth-order valence-corrected chi connectivity index (χ4v) is 3.82. The van der Waals surface area contributed by atoms with Crippen molar-refractivity contribution in [2.45, 2.75) is 49.3 Å². The molecule has 2 heterocycles. The molecular weight excluding hydrogens is 428 g/mol. The fourth-order valence-electron chi connectivity index (χ4n) is 3.82. The van der Waals surface area contributed by atoms with Crippen LogP contribution in [-0.4, -0.2) is 84.3 Å². The van der Waals surface area contributed by atoms with Gasteiger partial charge >= 0.3 is 0 Å². The van der Waals surface area contributed by atoms with E-state index in [0.717, 1.165) is 0 Å². The SMILES string of the molecule is OC[C@H]1O[C@@H](Oc2cc(O)c3c(c2)O[C@H](c2ccc(O)c(O)c2)[C@H](O)C3)[C@H](O)[C@@H](O)[C@@H]1O. The molecule has 4 rings (SSSR count). The molecule has 1 saturated heterocycles. The zero-order valence-corrected chi connectivity index (χ0v) is 16.6. The molecule has 0 aromatic heterocycles. The second-order valence-corrected chi connectivity index (χ2v) is 7.79. The van der Waals surface area contributed by atoms with Gasteiger partial charge in [-0.15, -0.1) is 0 Å². The second-order valence-electron chi connectivity index (χ2n) is 7.79. The molecule has 1 fully saturated rings. The summed E-state index contributed by atoms with van der Waals surface area (Å²) < 4.78 is 16.7. The van der Waals surface area contributed by atoms with Gasteiger partial charge in [0.15, 0.2) is 11.5 Å². The highest BCUT2D eigenvalue weighted by Gasteiger charge is 2.45. The number of aromatic hydroxyl groups is 3. The van der Waals surface area contributed by atoms with Gasteiger partial charge in [0.1, 0.15) is 47.8 Å². The van der Waals surface area contributed by atoms with Crippen LogP contribution < -0.4 is 9.47 Å². The third-order valence-electron chi connectivity index (χ3n) is 5.60. The first-order chi connectivity index (χ1) is 15.2. The predicted molar refractivity (Wildman–Crippen MR) is 105 cm³/mol. The van der Waals surface area contributed by atoms with E-state index >= 15 is 0 Å². The molecular formula is C21H24O11. The number of benzene rings is 2. The molecule has 174 valence electrons. The van der Waals surface area contributed by atoms with E-state index in [4.69, 9.17) is 14.2 Å². The van der Waals surface area contributed by atoms with Gasteiger partial charge in [-0.05, 0) is 17.7 Å². The molecule has 0 aliphatic carbocycles. The van der Waals surface area contributed by atoms with Crippen LogP contribution in [0.25, 0.3) is 0 Å². The third kappa shape index (κ3) is 4.01. The fraction of sp³-hybridized carbons (Fsp3) is 0.429. The van der Waals surface area contributed by atoms with Crippen LogP contribution in [0.2, 0.25) is 0 Å². The number of ether oxygens (including phenoxy) is 3. The van der Waals surface area contributed by atoms with Crippen LogP contribution >= 0.6 is 0 Å². The molecule has 0 bridgehead atoms. The van der Waals surface area contributed by atoms with Crippen molar-refractivity contribution in [3.05, 3.63) is 41.5 Å². The number of rotatable bonds is 4. The third-order valence-corrected chi connectivity index (χ3v) is 5.60. The maximum absolute atomic E-state index is 10.5. The number of aliphatic hydroxyl groups is 5. The van der Waals surface area contributed by atoms with Gasteiger partial charge in [-0.25, -0.2) is 0 Å². The van der Waals surface area contributed by atoms with Crippen LogP contribution in [0.3, 0.4) is 0 Å². The van der Waals surface area contributed by atoms with Crippen molar-refractivity contribution in [3.63, 3.8) is 0 Å². The lowest BCUT2D eigenvalue weighted by Gasteiger charge is -2.39. The van der Waals surface area contributed by atoms with E-state index in [1.165, 1.54) is 30.3 Å². The van der Waals surface area contributed by atoms with Gasteiger partial charge in [0.2, 0.25) is 6.29 Å². The van der Waals surface area contributed by atoms with Gasteiger partial charge in [-0.3, -0.25) is 0 Å². The summed E-state index contributed by atoms with van der Waals surface area (Å²) in [7, 11) is 0. The van der Waals surface area contributed by atoms with Crippen molar-refractivity contribution >= 4 is 0 Å². The van der Waals surface area contributed by atoms with Gasteiger partial charge in [0.05, 0.1) is 12.7 Å². The van der Waals surface area contributed by atoms with Crippen LogP contribution in [0.5, 0.6) is 28.7 Å². The van der Waals surface area contributed by atoms with Crippen LogP contribution in [0.4, 0.5) is 0 Å². The summed E-state index contributed by atoms with van der Waals surface area (Å²) in [6.45, 7) is -0.623. The van der Waals surface area contributed by atoms with E-state index in [1.807, 2.05) is 0 Å². The smallest absolute Gasteiger partial charge is 0.229 e. The molecule has 0 unspecified atom stereocenters. The molecule has 0 spiro atoms. The van der Waals surface area contributed by atoms with Gasteiger partial charge in [-0.1, -0.05) is 6.07 Å². The topological polar surface area (TPSA) is 190 Å². The Morgan fingerprint density at radius 1 is 0.875 bits per heavy atom. The number of phenolic OH excluding ortho intramolecular Hbond substituents is 3. The predicted octanol–water partition coefficient (Wildman–Crippen LogP) is -0.981. The summed E-state index contributed by atoms with van der Waals surface area (Å²) in [4.78, 5) is 0. The summed E-state index contributed by atoms with van der Waals surface area (Å²) in [5, 5.41) is 79.4. The molecule has 2 aliphatic heterocycles. The first-order valence-corrected chi connectivity index (χ1v) is 9.89. The maximum Gasteiger partial charge on any atom is 0.229 e. The molecule has 2 aromatic carbocycles. The molecule has 11 nitrogen and oxygen atoms in total. The zero-order valence-electron chi connectivity index (χ0n) is 16.6. The Morgan fingerprint density at radius 2 is 1.62 bits per heavy atom. The Hall–Kier alpha value is -2.80. The van der Waals surface area contributed by atoms with Gasteiger partial charge in [0.25, 0.3) is 0 Å². The molecule has 11 heteroatoms. The summed E-state index contributed by atoms with van der Waals surface area (Å²) in [6.07, 6.45) is -9.39. The van der Waals surface area contributed by atoms with Crippen molar-refractivity contribution in [2.24, 2.45) is 0 Å². The summed E-state index contributed by atoms with van der Waals surface area (Å²) in [5.41, 5.74) is 0.691. The van der Waals surface area contributed by atoms with Crippen molar-refractivity contribution in [1.82, 2.24) is 0 Å². The van der Waals surface area contributed by atoms with Gasteiger partial charge in [0, 0.05) is 24.1 Å². The molecule has 8 N–H and O–H groups in total. The lowest BCUT2D eigenvalue weighted by molar-refractivity contribution is -0.277. The zero-order chi connectivity index (χ0) is 23.2. The van der Waals surface area contributed by atoms with E-state index in [9.17, 15) is 40.9 Å². The minimum Gasteiger partial charge on any atom is -0.507 e. The average molecular weight is 452 g/mol. The minimum atomic E-state index is -1.64. The quantitative estimate of drug-likeness (QED) is 0.266. The number of hydrogen-bond acceptors (Lipinski definition) is 11. The Labute approximate surface area is 181 Å². The lowest BCUT2D eigenvalue weighted by Crippen LogP contribution is -2.60. The molecule has 7 atom stereocenters. The standard InChI is InChI=1S/C21H24O11/c22-7-16-17(27)18(28)19(29)21(32-16)30-9-4-12(24)10-6-14(26)20(31-15(10)5-9)8-1-2-11(23)13(25)3-8/h1-5,14,16-29H,6-7H2/t14-,16-,17-,18+,19-,20-,21-/m1/s1. The number of fused-ring (bicyclic) bond motifs is 1. The molecule has 0 amide bonds. The van der Waals surface area contributed by atoms with Gasteiger partial charge < -0.3 is 55.1 Å². The Bertz CT molecular complexity index is 978. The lowest BCUT2D eigenvalue weighted by atomic mass is 9.94. The normalized spacial score (nSPS) is 32.1. The van der Waals surface area contributed by atoms with Crippen molar-refractivity contribution in [3.8, 4) is 28.7 Å². The number of aliphatic hydroxyl groups excluding tert-OH is 5. The van der Waals surface area contributed by atoms with Crippen LogP contribution in [0, 0.1) is 0 Å². The number of phenols is 3. The Balaban J connectivity index is 1.59. The van der Waals surface area contributed by atoms with E-state index in [-0.39, 0.29) is 35.2 Å². The molecule has 0 saturated carbocycles. The van der Waals surface area contributed by atoms with E-state index in [2.05, 4.69) is 0 Å². The van der Waals surface area contributed by atoms with E-state index in [1.54, 1.807) is 0 Å². The van der Waals surface area contributed by atoms with Crippen LogP contribution in [0.1, 0.15) is 17.2 Å². The summed E-state index contributed by atoms with van der Waals surface area (Å²) in [6, 6.07) is 6.58. The Morgan fingerprint density at radius 3 is 2.31 bits per heavy atom. The number of hydrogen-bond donors (Lipinski definition) is 8. The van der Waals surface area contributed by atoms with Crippen molar-refractivity contribution in [2.75, 3.05) is 6.61 Å². The molecule has 2 aliphatic rings. The largest absolute Gasteiger partial charge is 0.507 e. The molecule has 2 aromatic rings. The van der Waals surface area contributed by atoms with Crippen molar-refractivity contribution < 1.29 is 55.1 Å². The van der Waals surface area contributed by atoms with E-state index < -0.39 is 49.5 Å². The highest BCUT2D eigenvalue weighted by molar-refractivity contribution is 5.52. The highest BCUT2D eigenvalue weighted by Crippen LogP contribution is 2.43. The molecule has 0 radical (unpaired) electrons. The summed E-state index contributed by atoms with van der Waals surface area (Å²) >= 11 is 0. The molecule has 32 heavy (non-hydrogen) atoms. The van der Waals surface area contributed by atoms with Crippen molar-refractivity contribution in [1.29, 1.82) is 0 Å². The second kappa shape index (κ2) is 8.62. The first kappa shape index (κ1) is 22.4. The highest BCUT2D eigenvalue weighted by atomic mass is 16.7. The van der Waals surface area contributed by atoms with Gasteiger partial charge in [-0.2, -0.15) is 0 Å².